The average molecular weight is 499 g/mol. The molecule has 0 fully saturated rings. The Bertz CT molecular complexity index is 1180. The van der Waals surface area contributed by atoms with Gasteiger partial charge >= 0.3 is 5.97 Å². The Balaban J connectivity index is 1.78. The third-order valence-corrected chi connectivity index (χ3v) is 7.24. The van der Waals surface area contributed by atoms with Crippen LogP contribution in [0, 0.1) is 0 Å². The molecule has 8 heteroatoms. The average Bonchev–Trinajstić information content (AvgIpc) is 2.85. The van der Waals surface area contributed by atoms with E-state index in [0.717, 1.165) is 37.1 Å². The summed E-state index contributed by atoms with van der Waals surface area (Å²) >= 11 is 5.95. The summed E-state index contributed by atoms with van der Waals surface area (Å²) in [5.41, 5.74) is 1.96. The van der Waals surface area contributed by atoms with Crippen molar-refractivity contribution in [3.05, 3.63) is 82.6 Å². The number of hydrogen-bond acceptors (Lipinski definition) is 5. The standard InChI is InChI=1S/C26H27ClN2O4S/c1-3-4-5-6-15-34(33)24-14-7-18(16-22(24)26(31)32)25(30)23-13-12-21(17-28-23)29(2)20-10-8-19(27)9-11-20/h7-14,16-17H,3-6,15H2,1-2H3,(H,31,32). The van der Waals surface area contributed by atoms with Crippen LogP contribution in [-0.4, -0.2) is 38.9 Å². The molecule has 0 saturated carbocycles. The lowest BCUT2D eigenvalue weighted by Gasteiger charge is -2.19. The molecule has 1 N–H and O–H groups in total. The van der Waals surface area contributed by atoms with Gasteiger partial charge in [-0.05, 0) is 61.0 Å². The molecule has 1 aromatic heterocycles. The van der Waals surface area contributed by atoms with Crippen LogP contribution < -0.4 is 4.90 Å². The number of benzene rings is 2. The predicted octanol–water partition coefficient (Wildman–Crippen LogP) is 6.12. The van der Waals surface area contributed by atoms with E-state index in [1.807, 2.05) is 24.1 Å². The molecular weight excluding hydrogens is 472 g/mol. The zero-order valence-electron chi connectivity index (χ0n) is 19.2. The molecule has 178 valence electrons. The number of ketones is 1. The second kappa shape index (κ2) is 11.9. The summed E-state index contributed by atoms with van der Waals surface area (Å²) in [6, 6.07) is 15.0. The zero-order chi connectivity index (χ0) is 24.7. The Morgan fingerprint density at radius 3 is 2.32 bits per heavy atom. The third-order valence-electron chi connectivity index (χ3n) is 5.48. The van der Waals surface area contributed by atoms with Crippen LogP contribution in [0.2, 0.25) is 5.02 Å². The maximum Gasteiger partial charge on any atom is 0.336 e. The number of pyridine rings is 1. The highest BCUT2D eigenvalue weighted by Crippen LogP contribution is 2.25. The van der Waals surface area contributed by atoms with E-state index in [1.165, 1.54) is 18.2 Å². The number of carboxylic acid groups (broad SMARTS) is 1. The highest BCUT2D eigenvalue weighted by molar-refractivity contribution is 7.85. The molecule has 34 heavy (non-hydrogen) atoms. The van der Waals surface area contributed by atoms with Crippen LogP contribution in [0.1, 0.15) is 59.0 Å². The molecule has 2 aromatic carbocycles. The van der Waals surface area contributed by atoms with E-state index < -0.39 is 22.6 Å². The van der Waals surface area contributed by atoms with Crippen molar-refractivity contribution in [3.63, 3.8) is 0 Å². The zero-order valence-corrected chi connectivity index (χ0v) is 20.7. The Kier molecular flexibility index (Phi) is 8.96. The van der Waals surface area contributed by atoms with E-state index in [-0.39, 0.29) is 21.7 Å². The van der Waals surface area contributed by atoms with E-state index >= 15 is 0 Å². The lowest BCUT2D eigenvalue weighted by Crippen LogP contribution is -2.12. The van der Waals surface area contributed by atoms with Crippen LogP contribution in [0.3, 0.4) is 0 Å². The molecule has 0 amide bonds. The van der Waals surface area contributed by atoms with Crippen molar-refractivity contribution in [1.82, 2.24) is 4.98 Å². The molecule has 3 rings (SSSR count). The lowest BCUT2D eigenvalue weighted by atomic mass is 10.0. The van der Waals surface area contributed by atoms with Gasteiger partial charge in [-0.15, -0.1) is 0 Å². The van der Waals surface area contributed by atoms with Crippen LogP contribution >= 0.6 is 11.6 Å². The number of carbonyl (C=O) groups excluding carboxylic acids is 1. The summed E-state index contributed by atoms with van der Waals surface area (Å²) < 4.78 is 12.7. The minimum absolute atomic E-state index is 0.112. The molecule has 1 atom stereocenters. The van der Waals surface area contributed by atoms with E-state index in [1.54, 1.807) is 30.5 Å². The number of aromatic carboxylic acids is 1. The summed E-state index contributed by atoms with van der Waals surface area (Å²) in [6.45, 7) is 2.09. The summed E-state index contributed by atoms with van der Waals surface area (Å²) in [5, 5.41) is 10.3. The normalized spacial score (nSPS) is 11.7. The molecular formula is C26H27ClN2O4S. The number of aromatic nitrogens is 1. The van der Waals surface area contributed by atoms with Gasteiger partial charge in [0.1, 0.15) is 5.69 Å². The van der Waals surface area contributed by atoms with E-state index in [9.17, 15) is 18.9 Å². The first kappa shape index (κ1) is 25.6. The topological polar surface area (TPSA) is 87.6 Å². The van der Waals surface area contributed by atoms with Gasteiger partial charge in [-0.2, -0.15) is 0 Å². The van der Waals surface area contributed by atoms with Crippen molar-refractivity contribution in [2.24, 2.45) is 0 Å². The van der Waals surface area contributed by atoms with Crippen molar-refractivity contribution in [2.75, 3.05) is 17.7 Å². The minimum atomic E-state index is -1.43. The first-order valence-electron chi connectivity index (χ1n) is 11.1. The number of hydrogen-bond donors (Lipinski definition) is 1. The van der Waals surface area contributed by atoms with Crippen LogP contribution in [0.15, 0.2) is 65.7 Å². The summed E-state index contributed by atoms with van der Waals surface area (Å²) in [7, 11) is 0.442. The fourth-order valence-electron chi connectivity index (χ4n) is 3.49. The van der Waals surface area contributed by atoms with E-state index in [0.29, 0.717) is 10.8 Å². The maximum absolute atomic E-state index is 13.0. The lowest BCUT2D eigenvalue weighted by molar-refractivity contribution is 0.0693. The molecule has 0 aliphatic carbocycles. The molecule has 1 heterocycles. The largest absolute Gasteiger partial charge is 0.478 e. The number of unbranched alkanes of at least 4 members (excludes halogenated alkanes) is 3. The van der Waals surface area contributed by atoms with Gasteiger partial charge in [0.15, 0.2) is 0 Å². The Hall–Kier alpha value is -3.03. The number of nitrogens with zero attached hydrogens (tertiary/aromatic N) is 2. The molecule has 0 radical (unpaired) electrons. The van der Waals surface area contributed by atoms with E-state index in [4.69, 9.17) is 11.6 Å². The minimum Gasteiger partial charge on any atom is -0.478 e. The second-order valence-corrected chi connectivity index (χ2v) is 9.87. The highest BCUT2D eigenvalue weighted by atomic mass is 35.5. The van der Waals surface area contributed by atoms with Crippen molar-refractivity contribution in [1.29, 1.82) is 0 Å². The highest BCUT2D eigenvalue weighted by Gasteiger charge is 2.20. The van der Waals surface area contributed by atoms with Crippen LogP contribution in [-0.2, 0) is 10.8 Å². The van der Waals surface area contributed by atoms with Gasteiger partial charge in [0, 0.05) is 29.1 Å². The molecule has 3 aromatic rings. The maximum atomic E-state index is 13.0. The molecule has 0 bridgehead atoms. The van der Waals surface area contributed by atoms with Gasteiger partial charge < -0.3 is 10.0 Å². The third kappa shape index (κ3) is 6.30. The number of rotatable bonds is 11. The van der Waals surface area contributed by atoms with E-state index in [2.05, 4.69) is 11.9 Å². The molecule has 0 spiro atoms. The number of anilines is 2. The second-order valence-electron chi connectivity index (χ2n) is 7.89. The van der Waals surface area contributed by atoms with Crippen LogP contribution in [0.25, 0.3) is 0 Å². The first-order valence-corrected chi connectivity index (χ1v) is 12.8. The van der Waals surface area contributed by atoms with Crippen LogP contribution in [0.5, 0.6) is 0 Å². The van der Waals surface area contributed by atoms with Gasteiger partial charge in [0.2, 0.25) is 5.78 Å². The number of halogens is 1. The van der Waals surface area contributed by atoms with Crippen molar-refractivity contribution in [2.45, 2.75) is 37.5 Å². The monoisotopic (exact) mass is 498 g/mol. The summed E-state index contributed by atoms with van der Waals surface area (Å²) in [4.78, 5) is 31.2. The Morgan fingerprint density at radius 2 is 1.71 bits per heavy atom. The van der Waals surface area contributed by atoms with Crippen molar-refractivity contribution < 1.29 is 18.9 Å². The number of carbonyl (C=O) groups is 2. The molecule has 0 saturated heterocycles. The summed E-state index contributed by atoms with van der Waals surface area (Å²) in [5.74, 6) is -1.21. The fourth-order valence-corrected chi connectivity index (χ4v) is 4.91. The predicted molar refractivity (Wildman–Crippen MR) is 136 cm³/mol. The number of carboxylic acids is 1. The van der Waals surface area contributed by atoms with Crippen LogP contribution in [0.4, 0.5) is 11.4 Å². The quantitative estimate of drug-likeness (QED) is 0.253. The molecule has 0 aliphatic heterocycles. The van der Waals surface area contributed by atoms with Crippen molar-refractivity contribution >= 4 is 45.5 Å². The molecule has 6 nitrogen and oxygen atoms in total. The van der Waals surface area contributed by atoms with Gasteiger partial charge in [-0.3, -0.25) is 14.0 Å². The van der Waals surface area contributed by atoms with Gasteiger partial charge in [-0.25, -0.2) is 4.79 Å². The molecule has 0 aliphatic rings. The summed E-state index contributed by atoms with van der Waals surface area (Å²) in [6.07, 6.45) is 5.42. The van der Waals surface area contributed by atoms with Gasteiger partial charge in [0.25, 0.3) is 0 Å². The first-order chi connectivity index (χ1) is 16.3. The van der Waals surface area contributed by atoms with Crippen molar-refractivity contribution in [3.8, 4) is 0 Å². The Labute approximate surface area is 207 Å². The Morgan fingerprint density at radius 1 is 1.00 bits per heavy atom. The smallest absolute Gasteiger partial charge is 0.336 e. The fraction of sp³-hybridized carbons (Fsp3) is 0.269. The van der Waals surface area contributed by atoms with Gasteiger partial charge in [0.05, 0.1) is 33.1 Å². The SMILES string of the molecule is CCCCCCS(=O)c1ccc(C(=O)c2ccc(N(C)c3ccc(Cl)cc3)cn2)cc1C(=O)O. The van der Waals surface area contributed by atoms with Gasteiger partial charge in [-0.1, -0.05) is 37.8 Å². The molecule has 1 unspecified atom stereocenters.